The number of H-pyrrole nitrogens is 1. The van der Waals surface area contributed by atoms with Crippen molar-refractivity contribution in [1.29, 1.82) is 0 Å². The fourth-order valence-corrected chi connectivity index (χ4v) is 2.26. The summed E-state index contributed by atoms with van der Waals surface area (Å²) in [5.41, 5.74) is 8.09. The molecule has 5 nitrogen and oxygen atoms in total. The number of hydrazine groups is 1. The third-order valence-electron chi connectivity index (χ3n) is 3.48. The average Bonchev–Trinajstić information content (AvgIpc) is 3.11. The molecule has 0 aliphatic heterocycles. The van der Waals surface area contributed by atoms with Crippen LogP contribution in [0.1, 0.15) is 16.1 Å². The van der Waals surface area contributed by atoms with E-state index in [-0.39, 0.29) is 11.5 Å². The van der Waals surface area contributed by atoms with Gasteiger partial charge in [-0.3, -0.25) is 20.7 Å². The fraction of sp³-hybridized carbons (Fsp3) is 0. The third kappa shape index (κ3) is 4.05. The lowest BCUT2D eigenvalue weighted by Gasteiger charge is -2.10. The van der Waals surface area contributed by atoms with Crippen molar-refractivity contribution >= 4 is 23.2 Å². The van der Waals surface area contributed by atoms with Crippen LogP contribution in [0, 0.1) is 5.82 Å². The molecule has 0 unspecified atom stereocenters. The van der Waals surface area contributed by atoms with Crippen LogP contribution in [-0.4, -0.2) is 16.1 Å². The van der Waals surface area contributed by atoms with E-state index in [1.165, 1.54) is 12.1 Å². The van der Waals surface area contributed by atoms with E-state index in [2.05, 4.69) is 27.6 Å². The Balaban J connectivity index is 1.63. The topological polar surface area (TPSA) is 69.8 Å². The highest BCUT2D eigenvalue weighted by molar-refractivity contribution is 6.30. The molecule has 0 bridgehead atoms. The molecule has 126 valence electrons. The Morgan fingerprint density at radius 2 is 1.76 bits per heavy atom. The van der Waals surface area contributed by atoms with Gasteiger partial charge in [0.05, 0.1) is 11.4 Å². The highest BCUT2D eigenvalue weighted by Crippen LogP contribution is 2.18. The number of hydrogen-bond donors (Lipinski definition) is 3. The van der Waals surface area contributed by atoms with Crippen LogP contribution in [0.3, 0.4) is 0 Å². The zero-order valence-corrected chi connectivity index (χ0v) is 13.8. The maximum Gasteiger partial charge on any atom is 0.287 e. The van der Waals surface area contributed by atoms with Crippen LogP contribution >= 0.6 is 11.6 Å². The molecule has 0 saturated heterocycles. The van der Waals surface area contributed by atoms with Gasteiger partial charge in [0, 0.05) is 10.6 Å². The summed E-state index contributed by atoms with van der Waals surface area (Å²) in [6.07, 6.45) is 0. The molecule has 0 radical (unpaired) electrons. The van der Waals surface area contributed by atoms with Crippen molar-refractivity contribution in [1.82, 2.24) is 21.0 Å². The average molecular weight is 357 g/mol. The van der Waals surface area contributed by atoms with Crippen LogP contribution in [0.2, 0.25) is 5.02 Å². The fourth-order valence-electron chi connectivity index (χ4n) is 2.13. The van der Waals surface area contributed by atoms with Crippen molar-refractivity contribution < 1.29 is 9.18 Å². The van der Waals surface area contributed by atoms with Gasteiger partial charge in [0.15, 0.2) is 0 Å². The summed E-state index contributed by atoms with van der Waals surface area (Å²) in [6, 6.07) is 14.5. The molecule has 2 aromatic carbocycles. The minimum absolute atomic E-state index is 0.260. The number of nitrogens with one attached hydrogen (secondary N) is 3. The van der Waals surface area contributed by atoms with Crippen molar-refractivity contribution in [2.75, 3.05) is 0 Å². The Morgan fingerprint density at radius 3 is 2.44 bits per heavy atom. The van der Waals surface area contributed by atoms with Gasteiger partial charge >= 0.3 is 0 Å². The first-order chi connectivity index (χ1) is 12.0. The van der Waals surface area contributed by atoms with Gasteiger partial charge in [-0.05, 0) is 48.0 Å². The van der Waals surface area contributed by atoms with E-state index in [0.29, 0.717) is 22.0 Å². The molecule has 3 N–H and O–H groups in total. The van der Waals surface area contributed by atoms with E-state index in [9.17, 15) is 9.18 Å². The number of carbonyl (C=O) groups is 1. The van der Waals surface area contributed by atoms with Gasteiger partial charge < -0.3 is 0 Å². The number of carbonyl (C=O) groups excluding carboxylic acids is 1. The monoisotopic (exact) mass is 356 g/mol. The summed E-state index contributed by atoms with van der Waals surface area (Å²) in [5, 5.41) is 7.32. The van der Waals surface area contributed by atoms with Crippen LogP contribution in [0.5, 0.6) is 0 Å². The van der Waals surface area contributed by atoms with Crippen LogP contribution in [0.15, 0.2) is 61.2 Å². The lowest BCUT2D eigenvalue weighted by molar-refractivity contribution is 0.0937. The second kappa shape index (κ2) is 7.19. The van der Waals surface area contributed by atoms with Crippen molar-refractivity contribution in [2.24, 2.45) is 0 Å². The SMILES string of the molecule is C=C(NNC(=O)c1cc(-c2ccc(F)cc2)n[nH]1)c1ccc(Cl)cc1. The molecule has 7 heteroatoms. The van der Waals surface area contributed by atoms with Crippen LogP contribution < -0.4 is 10.9 Å². The first-order valence-corrected chi connectivity index (χ1v) is 7.73. The molecule has 0 aliphatic rings. The van der Waals surface area contributed by atoms with Gasteiger partial charge in [0.1, 0.15) is 11.5 Å². The van der Waals surface area contributed by atoms with E-state index in [0.717, 1.165) is 5.56 Å². The zero-order chi connectivity index (χ0) is 17.8. The van der Waals surface area contributed by atoms with Crippen LogP contribution in [0.4, 0.5) is 4.39 Å². The molecule has 0 saturated carbocycles. The first kappa shape index (κ1) is 16.7. The largest absolute Gasteiger partial charge is 0.298 e. The lowest BCUT2D eigenvalue weighted by atomic mass is 10.1. The van der Waals surface area contributed by atoms with Gasteiger partial charge in [0.2, 0.25) is 0 Å². The number of amides is 1. The molecule has 1 aromatic heterocycles. The Hall–Kier alpha value is -3.12. The minimum Gasteiger partial charge on any atom is -0.298 e. The Morgan fingerprint density at radius 1 is 1.08 bits per heavy atom. The highest BCUT2D eigenvalue weighted by atomic mass is 35.5. The van der Waals surface area contributed by atoms with Crippen molar-refractivity contribution in [3.63, 3.8) is 0 Å². The summed E-state index contributed by atoms with van der Waals surface area (Å²) < 4.78 is 13.0. The third-order valence-corrected chi connectivity index (χ3v) is 3.73. The lowest BCUT2D eigenvalue weighted by Crippen LogP contribution is -2.36. The summed E-state index contributed by atoms with van der Waals surface area (Å²) in [7, 11) is 0. The Bertz CT molecular complexity index is 904. The standard InChI is InChI=1S/C18H14ClFN4O/c1-11(12-2-6-14(19)7-3-12)21-24-18(25)17-10-16(22-23-17)13-4-8-15(20)9-5-13/h2-10,21H,1H2,(H,22,23)(H,24,25). The highest BCUT2D eigenvalue weighted by Gasteiger charge is 2.11. The van der Waals surface area contributed by atoms with Crippen molar-refractivity contribution in [3.05, 3.63) is 83.3 Å². The summed E-state index contributed by atoms with van der Waals surface area (Å²) >= 11 is 5.83. The smallest absolute Gasteiger partial charge is 0.287 e. The van der Waals surface area contributed by atoms with Gasteiger partial charge in [-0.2, -0.15) is 5.10 Å². The van der Waals surface area contributed by atoms with Crippen molar-refractivity contribution in [3.8, 4) is 11.3 Å². The first-order valence-electron chi connectivity index (χ1n) is 7.35. The number of hydrogen-bond acceptors (Lipinski definition) is 3. The predicted octanol–water partition coefficient (Wildman–Crippen LogP) is 3.77. The second-order valence-electron chi connectivity index (χ2n) is 5.24. The second-order valence-corrected chi connectivity index (χ2v) is 5.67. The number of nitrogens with zero attached hydrogens (tertiary/aromatic N) is 1. The molecule has 1 amide bonds. The van der Waals surface area contributed by atoms with E-state index < -0.39 is 5.91 Å². The summed E-state index contributed by atoms with van der Waals surface area (Å²) in [5.74, 6) is -0.738. The minimum atomic E-state index is -0.407. The van der Waals surface area contributed by atoms with E-state index in [1.54, 1.807) is 42.5 Å². The molecule has 3 aromatic rings. The maximum atomic E-state index is 13.0. The number of rotatable bonds is 5. The Kier molecular flexibility index (Phi) is 4.81. The molecule has 0 atom stereocenters. The Labute approximate surface area is 148 Å². The summed E-state index contributed by atoms with van der Waals surface area (Å²) in [6.45, 7) is 3.85. The molecule has 0 fully saturated rings. The molecule has 0 spiro atoms. The number of benzene rings is 2. The maximum absolute atomic E-state index is 13.0. The van der Waals surface area contributed by atoms with Crippen LogP contribution in [-0.2, 0) is 0 Å². The van der Waals surface area contributed by atoms with Gasteiger partial charge in [-0.25, -0.2) is 4.39 Å². The molecule has 3 rings (SSSR count). The molecular formula is C18H14ClFN4O. The van der Waals surface area contributed by atoms with Crippen LogP contribution in [0.25, 0.3) is 17.0 Å². The predicted molar refractivity (Wildman–Crippen MR) is 95.1 cm³/mol. The quantitative estimate of drug-likeness (QED) is 0.609. The van der Waals surface area contributed by atoms with Gasteiger partial charge in [-0.15, -0.1) is 0 Å². The van der Waals surface area contributed by atoms with Crippen molar-refractivity contribution in [2.45, 2.75) is 0 Å². The van der Waals surface area contributed by atoms with Gasteiger partial charge in [-0.1, -0.05) is 30.3 Å². The molecule has 0 aliphatic carbocycles. The number of aromatic amines is 1. The molecular weight excluding hydrogens is 343 g/mol. The number of halogens is 2. The van der Waals surface area contributed by atoms with E-state index in [4.69, 9.17) is 11.6 Å². The van der Waals surface area contributed by atoms with E-state index >= 15 is 0 Å². The van der Waals surface area contributed by atoms with Gasteiger partial charge in [0.25, 0.3) is 5.91 Å². The number of aromatic nitrogens is 2. The van der Waals surface area contributed by atoms with E-state index in [1.807, 2.05) is 0 Å². The molecule has 1 heterocycles. The normalized spacial score (nSPS) is 10.3. The molecule has 25 heavy (non-hydrogen) atoms. The zero-order valence-electron chi connectivity index (χ0n) is 13.0. The summed E-state index contributed by atoms with van der Waals surface area (Å²) in [4.78, 5) is 12.2.